The van der Waals surface area contributed by atoms with Gasteiger partial charge in [-0.1, -0.05) is 32.1 Å². The first kappa shape index (κ1) is 30.9. The number of aromatic nitrogens is 4. The summed E-state index contributed by atoms with van der Waals surface area (Å²) in [5, 5.41) is 10.6. The van der Waals surface area contributed by atoms with E-state index in [0.717, 1.165) is 81.4 Å². The molecule has 12 heteroatoms. The van der Waals surface area contributed by atoms with Crippen LogP contribution in [-0.4, -0.2) is 67.7 Å². The lowest BCUT2D eigenvalue weighted by Crippen LogP contribution is -2.49. The minimum atomic E-state index is 0. The van der Waals surface area contributed by atoms with Crippen LogP contribution in [0.15, 0.2) is 6.33 Å². The van der Waals surface area contributed by atoms with E-state index >= 15 is 0 Å². The zero-order chi connectivity index (χ0) is 25.9. The van der Waals surface area contributed by atoms with E-state index in [1.54, 1.807) is 0 Å². The van der Waals surface area contributed by atoms with E-state index in [1.165, 1.54) is 44.9 Å². The normalized spacial score (nSPS) is 24.8. The molecule has 0 spiro atoms. The van der Waals surface area contributed by atoms with Crippen molar-refractivity contribution < 1.29 is 4.79 Å². The van der Waals surface area contributed by atoms with Crippen molar-refractivity contribution in [3.63, 3.8) is 0 Å². The van der Waals surface area contributed by atoms with Crippen LogP contribution in [-0.2, 0) is 0 Å². The van der Waals surface area contributed by atoms with Gasteiger partial charge in [0.05, 0.1) is 6.33 Å². The zero-order valence-electron chi connectivity index (χ0n) is 23.5. The van der Waals surface area contributed by atoms with E-state index in [-0.39, 0.29) is 36.9 Å². The Labute approximate surface area is 250 Å². The van der Waals surface area contributed by atoms with Crippen molar-refractivity contribution in [2.75, 3.05) is 23.7 Å². The summed E-state index contributed by atoms with van der Waals surface area (Å²) >= 11 is 0. The summed E-state index contributed by atoms with van der Waals surface area (Å²) in [4.78, 5) is 29.5. The Hall–Kier alpha value is -2.04. The van der Waals surface area contributed by atoms with Gasteiger partial charge in [0.1, 0.15) is 0 Å². The maximum absolute atomic E-state index is 12.8. The van der Waals surface area contributed by atoms with Crippen molar-refractivity contribution in [2.24, 2.45) is 5.73 Å². The Kier molecular flexibility index (Phi) is 11.0. The van der Waals surface area contributed by atoms with Crippen LogP contribution >= 0.6 is 24.8 Å². The Morgan fingerprint density at radius 1 is 0.775 bits per heavy atom. The number of halogens is 2. The highest BCUT2D eigenvalue weighted by Crippen LogP contribution is 2.34. The number of imidazole rings is 1. The van der Waals surface area contributed by atoms with Gasteiger partial charge in [-0.25, -0.2) is 9.78 Å². The highest BCUT2D eigenvalue weighted by atomic mass is 35.5. The lowest BCUT2D eigenvalue weighted by Gasteiger charge is -2.34. The number of piperidine rings is 1. The molecule has 2 amide bonds. The van der Waals surface area contributed by atoms with Gasteiger partial charge in [0.2, 0.25) is 5.95 Å². The fourth-order valence-electron chi connectivity index (χ4n) is 6.91. The molecule has 0 unspecified atom stereocenters. The largest absolute Gasteiger partial charge is 0.365 e. The van der Waals surface area contributed by atoms with Crippen LogP contribution in [0.3, 0.4) is 0 Å². The number of likely N-dealkylation sites (tertiary alicyclic amines) is 1. The molecular formula is C28H47Cl2N9O. The molecule has 6 rings (SSSR count). The van der Waals surface area contributed by atoms with E-state index in [9.17, 15) is 4.79 Å². The number of anilines is 2. The lowest BCUT2D eigenvalue weighted by molar-refractivity contribution is 0.176. The summed E-state index contributed by atoms with van der Waals surface area (Å²) in [5.41, 5.74) is 7.91. The van der Waals surface area contributed by atoms with Gasteiger partial charge in [-0.05, 0) is 64.2 Å². The lowest BCUT2D eigenvalue weighted by atomic mass is 9.92. The molecule has 1 saturated heterocycles. The molecule has 0 aromatic carbocycles. The van der Waals surface area contributed by atoms with Crippen molar-refractivity contribution >= 4 is 53.8 Å². The molecule has 3 aliphatic carbocycles. The molecule has 0 bridgehead atoms. The molecule has 40 heavy (non-hydrogen) atoms. The maximum atomic E-state index is 12.8. The summed E-state index contributed by atoms with van der Waals surface area (Å²) in [6.45, 7) is 1.52. The molecular weight excluding hydrogens is 549 g/mol. The molecule has 2 aromatic heterocycles. The number of urea groups is 1. The molecule has 2 aromatic rings. The van der Waals surface area contributed by atoms with Crippen LogP contribution in [0.4, 0.5) is 16.6 Å². The fourth-order valence-corrected chi connectivity index (χ4v) is 6.91. The second-order valence-corrected chi connectivity index (χ2v) is 12.1. The van der Waals surface area contributed by atoms with E-state index in [1.807, 2.05) is 11.2 Å². The maximum Gasteiger partial charge on any atom is 0.317 e. The van der Waals surface area contributed by atoms with Crippen molar-refractivity contribution in [2.45, 2.75) is 127 Å². The number of nitrogens with one attached hydrogen (secondary N) is 3. The summed E-state index contributed by atoms with van der Waals surface area (Å²) < 4.78 is 2.27. The Balaban J connectivity index is 0.00000185. The second-order valence-electron chi connectivity index (χ2n) is 12.1. The molecule has 0 radical (unpaired) electrons. The Morgan fingerprint density at radius 3 is 2.12 bits per heavy atom. The van der Waals surface area contributed by atoms with Crippen molar-refractivity contribution in [1.29, 1.82) is 0 Å². The minimum absolute atomic E-state index is 0. The zero-order valence-corrected chi connectivity index (χ0v) is 25.2. The van der Waals surface area contributed by atoms with Gasteiger partial charge in [-0.15, -0.1) is 24.8 Å². The van der Waals surface area contributed by atoms with E-state index in [4.69, 9.17) is 20.7 Å². The van der Waals surface area contributed by atoms with E-state index < -0.39 is 0 Å². The fraction of sp³-hybridized carbons (Fsp3) is 0.786. The average molecular weight is 597 g/mol. The number of rotatable bonds is 6. The summed E-state index contributed by atoms with van der Waals surface area (Å²) in [6.07, 6.45) is 18.8. The molecule has 3 saturated carbocycles. The highest BCUT2D eigenvalue weighted by Gasteiger charge is 2.28. The predicted molar refractivity (Wildman–Crippen MR) is 165 cm³/mol. The number of hydrogen-bond acceptors (Lipinski definition) is 7. The van der Waals surface area contributed by atoms with E-state index in [0.29, 0.717) is 30.1 Å². The molecule has 224 valence electrons. The second kappa shape index (κ2) is 14.2. The van der Waals surface area contributed by atoms with Crippen molar-refractivity contribution in [3.05, 3.63) is 6.33 Å². The molecule has 1 aliphatic heterocycles. The number of carbonyl (C=O) groups is 1. The van der Waals surface area contributed by atoms with Gasteiger partial charge < -0.3 is 31.2 Å². The third kappa shape index (κ3) is 7.23. The molecule has 4 fully saturated rings. The van der Waals surface area contributed by atoms with Gasteiger partial charge in [0, 0.05) is 43.3 Å². The molecule has 10 nitrogen and oxygen atoms in total. The summed E-state index contributed by atoms with van der Waals surface area (Å²) in [7, 11) is 0. The third-order valence-corrected chi connectivity index (χ3v) is 9.30. The number of nitrogens with zero attached hydrogens (tertiary/aromatic N) is 5. The third-order valence-electron chi connectivity index (χ3n) is 9.30. The molecule has 0 atom stereocenters. The van der Waals surface area contributed by atoms with Crippen LogP contribution in [0.25, 0.3) is 11.2 Å². The van der Waals surface area contributed by atoms with Crippen LogP contribution in [0.1, 0.15) is 102 Å². The van der Waals surface area contributed by atoms with Gasteiger partial charge >= 0.3 is 6.03 Å². The number of carbonyl (C=O) groups excluding carboxylic acids is 1. The van der Waals surface area contributed by atoms with Crippen LogP contribution < -0.4 is 21.7 Å². The smallest absolute Gasteiger partial charge is 0.317 e. The summed E-state index contributed by atoms with van der Waals surface area (Å²) in [6, 6.07) is 1.84. The number of nitrogens with two attached hydrogens (primary N) is 1. The first-order valence-corrected chi connectivity index (χ1v) is 15.2. The highest BCUT2D eigenvalue weighted by molar-refractivity contribution is 5.86. The number of amides is 2. The molecule has 3 heterocycles. The summed E-state index contributed by atoms with van der Waals surface area (Å²) in [5.74, 6) is 1.50. The van der Waals surface area contributed by atoms with Crippen LogP contribution in [0.5, 0.6) is 0 Å². The molecule has 5 N–H and O–H groups in total. The minimum Gasteiger partial charge on any atom is -0.365 e. The van der Waals surface area contributed by atoms with Crippen LogP contribution in [0, 0.1) is 0 Å². The number of hydrogen-bond donors (Lipinski definition) is 4. The van der Waals surface area contributed by atoms with E-state index in [2.05, 4.69) is 20.5 Å². The Morgan fingerprint density at radius 2 is 1.43 bits per heavy atom. The van der Waals surface area contributed by atoms with Crippen LogP contribution in [0.2, 0.25) is 0 Å². The number of fused-ring (bicyclic) bond motifs is 1. The van der Waals surface area contributed by atoms with Gasteiger partial charge in [0.25, 0.3) is 0 Å². The van der Waals surface area contributed by atoms with Gasteiger partial charge in [-0.2, -0.15) is 9.97 Å². The average Bonchev–Trinajstić information content (AvgIpc) is 3.61. The van der Waals surface area contributed by atoms with Crippen molar-refractivity contribution in [3.8, 4) is 0 Å². The quantitative estimate of drug-likeness (QED) is 0.353. The Bertz CT molecular complexity index is 1090. The first-order chi connectivity index (χ1) is 18.6. The monoisotopic (exact) mass is 595 g/mol. The van der Waals surface area contributed by atoms with Gasteiger partial charge in [-0.3, -0.25) is 0 Å². The van der Waals surface area contributed by atoms with Crippen molar-refractivity contribution in [1.82, 2.24) is 29.7 Å². The topological polar surface area (TPSA) is 126 Å². The standard InChI is InChI=1S/C28H45N9O.2ClH/c29-19-10-12-21(13-11-19)32-27-34-25(24-26(35-27)37(18-30-24)23-8-4-5-9-23)31-22-14-16-36(17-15-22)28(38)33-20-6-2-1-3-7-20;;/h18-23H,1-17,29H2,(H,33,38)(H2,31,32,34,35);2*1H. The van der Waals surface area contributed by atoms with Gasteiger partial charge in [0.15, 0.2) is 17.0 Å². The first-order valence-electron chi connectivity index (χ1n) is 15.2. The predicted octanol–water partition coefficient (Wildman–Crippen LogP) is 5.39. The SMILES string of the molecule is Cl.Cl.NC1CCC(Nc2nc(NC3CCN(C(=O)NC4CCCCC4)CC3)c3ncn(C4CCCC4)c3n2)CC1. The molecule has 4 aliphatic rings.